The third-order valence-electron chi connectivity index (χ3n) is 5.75. The first kappa shape index (κ1) is 35.1. The number of guanidine groups is 2. The molecule has 0 fully saturated rings. The predicted molar refractivity (Wildman–Crippen MR) is 150 cm³/mol. The fourth-order valence-corrected chi connectivity index (χ4v) is 3.62. The number of hydrogen-bond acceptors (Lipinski definition) is 9. The molecule has 1 heterocycles. The van der Waals surface area contributed by atoms with Gasteiger partial charge in [-0.1, -0.05) is 0 Å². The van der Waals surface area contributed by atoms with Crippen LogP contribution in [-0.2, 0) is 30.4 Å². The number of nitrogens with one attached hydrogen (secondary N) is 4. The number of aromatic nitrogens is 2. The van der Waals surface area contributed by atoms with Gasteiger partial charge in [-0.25, -0.2) is 9.78 Å². The second-order valence-electron chi connectivity index (χ2n) is 9.24. The summed E-state index contributed by atoms with van der Waals surface area (Å²) in [6, 6.07) is -5.08. The van der Waals surface area contributed by atoms with Crippen LogP contribution in [0.15, 0.2) is 22.5 Å². The molecule has 19 nitrogen and oxygen atoms in total. The highest BCUT2D eigenvalue weighted by Gasteiger charge is 2.30. The molecule has 3 amide bonds. The Morgan fingerprint density at radius 3 is 1.79 bits per heavy atom. The van der Waals surface area contributed by atoms with Gasteiger partial charge in [0.15, 0.2) is 11.9 Å². The first-order valence-electron chi connectivity index (χ1n) is 13.0. The molecule has 0 aliphatic rings. The van der Waals surface area contributed by atoms with Gasteiger partial charge in [0.25, 0.3) is 0 Å². The van der Waals surface area contributed by atoms with Crippen LogP contribution in [0, 0.1) is 0 Å². The maximum absolute atomic E-state index is 13.3. The van der Waals surface area contributed by atoms with Crippen molar-refractivity contribution in [2.75, 3.05) is 13.1 Å². The Balaban J connectivity index is 3.03. The van der Waals surface area contributed by atoms with Crippen molar-refractivity contribution in [3.63, 3.8) is 0 Å². The Bertz CT molecular complexity index is 1100. The molecule has 234 valence electrons. The lowest BCUT2D eigenvalue weighted by Crippen LogP contribution is -2.57. The van der Waals surface area contributed by atoms with Gasteiger partial charge in [-0.3, -0.25) is 29.2 Å². The number of carbonyl (C=O) groups excluding carboxylic acids is 3. The maximum atomic E-state index is 13.3. The minimum Gasteiger partial charge on any atom is -0.481 e. The third-order valence-corrected chi connectivity index (χ3v) is 5.75. The molecule has 0 radical (unpaired) electrons. The summed E-state index contributed by atoms with van der Waals surface area (Å²) < 4.78 is 0. The van der Waals surface area contributed by atoms with E-state index in [-0.39, 0.29) is 63.5 Å². The number of carbonyl (C=O) groups is 5. The van der Waals surface area contributed by atoms with Crippen molar-refractivity contribution in [3.05, 3.63) is 18.2 Å². The first-order valence-corrected chi connectivity index (χ1v) is 13.0. The van der Waals surface area contributed by atoms with E-state index in [0.29, 0.717) is 5.69 Å². The summed E-state index contributed by atoms with van der Waals surface area (Å²) in [4.78, 5) is 76.2. The number of imidazole rings is 1. The number of amides is 3. The number of nitrogens with zero attached hydrogens (tertiary/aromatic N) is 3. The second kappa shape index (κ2) is 18.4. The van der Waals surface area contributed by atoms with Gasteiger partial charge in [0, 0.05) is 37.8 Å². The smallest absolute Gasteiger partial charge is 0.326 e. The normalized spacial score (nSPS) is 13.5. The summed E-state index contributed by atoms with van der Waals surface area (Å²) >= 11 is 0. The molecule has 4 atom stereocenters. The van der Waals surface area contributed by atoms with Crippen molar-refractivity contribution in [3.8, 4) is 0 Å². The highest BCUT2D eigenvalue weighted by Crippen LogP contribution is 2.07. The Labute approximate surface area is 241 Å². The van der Waals surface area contributed by atoms with E-state index in [9.17, 15) is 29.1 Å². The maximum Gasteiger partial charge on any atom is 0.326 e. The van der Waals surface area contributed by atoms with Crippen LogP contribution in [0.3, 0.4) is 0 Å². The van der Waals surface area contributed by atoms with Crippen LogP contribution in [0.25, 0.3) is 0 Å². The molecule has 0 aliphatic carbocycles. The molecule has 0 saturated heterocycles. The SMILES string of the molecule is NC(N)=NCCCC(NC(=O)C(CCC(=O)O)NC(=O)C(CCCN=C(N)N)NC(=O)C(N)Cc1cnc[nH]1)C(=O)O. The van der Waals surface area contributed by atoms with Gasteiger partial charge in [0.2, 0.25) is 17.7 Å². The molecule has 42 heavy (non-hydrogen) atoms. The first-order chi connectivity index (χ1) is 19.8. The highest BCUT2D eigenvalue weighted by molar-refractivity contribution is 5.94. The van der Waals surface area contributed by atoms with Crippen molar-refractivity contribution < 1.29 is 34.2 Å². The third kappa shape index (κ3) is 14.4. The molecule has 0 bridgehead atoms. The molecular weight excluding hydrogens is 556 g/mol. The molecular formula is C23H40N12O7. The quantitative estimate of drug-likeness (QED) is 0.0386. The average molecular weight is 597 g/mol. The highest BCUT2D eigenvalue weighted by atomic mass is 16.4. The number of aliphatic imine (C=N–C) groups is 2. The summed E-state index contributed by atoms with van der Waals surface area (Å²) in [7, 11) is 0. The lowest BCUT2D eigenvalue weighted by molar-refractivity contribution is -0.143. The average Bonchev–Trinajstić information content (AvgIpc) is 3.42. The summed E-state index contributed by atoms with van der Waals surface area (Å²) in [6.45, 7) is 0.246. The van der Waals surface area contributed by atoms with Crippen LogP contribution in [0.4, 0.5) is 0 Å². The minimum atomic E-state index is -1.44. The molecule has 1 aromatic rings. The Kier molecular flexibility index (Phi) is 15.4. The van der Waals surface area contributed by atoms with E-state index in [1.54, 1.807) is 0 Å². The van der Waals surface area contributed by atoms with E-state index in [1.165, 1.54) is 12.5 Å². The number of carboxylic acids is 2. The van der Waals surface area contributed by atoms with Gasteiger partial charge in [-0.15, -0.1) is 0 Å². The number of aromatic amines is 1. The van der Waals surface area contributed by atoms with Gasteiger partial charge >= 0.3 is 11.9 Å². The number of nitrogens with two attached hydrogens (primary N) is 5. The van der Waals surface area contributed by atoms with E-state index in [4.69, 9.17) is 33.8 Å². The number of hydrogen-bond donors (Lipinski definition) is 11. The Morgan fingerprint density at radius 1 is 0.810 bits per heavy atom. The monoisotopic (exact) mass is 596 g/mol. The van der Waals surface area contributed by atoms with Crippen molar-refractivity contribution in [1.29, 1.82) is 0 Å². The molecule has 1 aromatic heterocycles. The number of aliphatic carboxylic acids is 2. The molecule has 16 N–H and O–H groups in total. The van der Waals surface area contributed by atoms with E-state index >= 15 is 0 Å². The molecule has 0 aliphatic heterocycles. The minimum absolute atomic E-state index is 0.0287. The molecule has 0 spiro atoms. The molecule has 0 aromatic carbocycles. The van der Waals surface area contributed by atoms with Gasteiger partial charge in [-0.2, -0.15) is 0 Å². The molecule has 19 heteroatoms. The summed E-state index contributed by atoms with van der Waals surface area (Å²) in [5, 5.41) is 25.9. The van der Waals surface area contributed by atoms with Gasteiger partial charge in [0.1, 0.15) is 18.1 Å². The van der Waals surface area contributed by atoms with E-state index in [1.807, 2.05) is 0 Å². The lowest BCUT2D eigenvalue weighted by atomic mass is 10.1. The van der Waals surface area contributed by atoms with Gasteiger partial charge in [-0.05, 0) is 32.1 Å². The summed E-state index contributed by atoms with van der Waals surface area (Å²) in [5.41, 5.74) is 27.7. The van der Waals surface area contributed by atoms with Crippen LogP contribution < -0.4 is 44.6 Å². The largest absolute Gasteiger partial charge is 0.481 e. The Morgan fingerprint density at radius 2 is 1.31 bits per heavy atom. The van der Waals surface area contributed by atoms with Gasteiger partial charge in [0.05, 0.1) is 12.4 Å². The zero-order valence-corrected chi connectivity index (χ0v) is 23.0. The van der Waals surface area contributed by atoms with Gasteiger partial charge < -0.3 is 59.8 Å². The number of carboxylic acid groups (broad SMARTS) is 2. The van der Waals surface area contributed by atoms with E-state index in [2.05, 4.69) is 35.9 Å². The summed E-state index contributed by atoms with van der Waals surface area (Å²) in [6.07, 6.45) is 2.57. The molecule has 4 unspecified atom stereocenters. The van der Waals surface area contributed by atoms with Crippen LogP contribution in [0.2, 0.25) is 0 Å². The van der Waals surface area contributed by atoms with Crippen molar-refractivity contribution >= 4 is 41.6 Å². The molecule has 0 saturated carbocycles. The zero-order valence-electron chi connectivity index (χ0n) is 23.0. The predicted octanol–water partition coefficient (Wildman–Crippen LogP) is -4.21. The topological polar surface area (TPSA) is 345 Å². The molecule has 1 rings (SSSR count). The van der Waals surface area contributed by atoms with E-state index < -0.39 is 60.2 Å². The fourth-order valence-electron chi connectivity index (χ4n) is 3.62. The lowest BCUT2D eigenvalue weighted by Gasteiger charge is -2.25. The van der Waals surface area contributed by atoms with Crippen molar-refractivity contribution in [2.24, 2.45) is 38.7 Å². The van der Waals surface area contributed by atoms with Crippen LogP contribution in [0.5, 0.6) is 0 Å². The fraction of sp³-hybridized carbons (Fsp3) is 0.565. The second-order valence-corrected chi connectivity index (χ2v) is 9.24. The van der Waals surface area contributed by atoms with Crippen LogP contribution >= 0.6 is 0 Å². The van der Waals surface area contributed by atoms with Crippen molar-refractivity contribution in [1.82, 2.24) is 25.9 Å². The standard InChI is InChI=1S/C23H40N12O7/c24-13(9-12-10-29-11-32-12)18(38)33-14(3-1-7-30-22(25)26)19(39)34-15(5-6-17(36)37)20(40)35-16(21(41)42)4-2-8-31-23(27)28/h10-11,13-16H,1-9,24H2,(H,29,32)(H,33,38)(H,34,39)(H,35,40)(H,36,37)(H,41,42)(H4,25,26,30)(H4,27,28,31). The number of H-pyrrole nitrogens is 1. The zero-order chi connectivity index (χ0) is 31.7. The van der Waals surface area contributed by atoms with Crippen molar-refractivity contribution in [2.45, 2.75) is 69.1 Å². The number of rotatable bonds is 20. The Hall–Kier alpha value is -4.94. The van der Waals surface area contributed by atoms with Crippen LogP contribution in [-0.4, -0.2) is 99.0 Å². The van der Waals surface area contributed by atoms with Crippen LogP contribution in [0.1, 0.15) is 44.2 Å². The van der Waals surface area contributed by atoms with E-state index in [0.717, 1.165) is 0 Å². The summed E-state index contributed by atoms with van der Waals surface area (Å²) in [5.74, 6) is -5.38.